The van der Waals surface area contributed by atoms with E-state index >= 15 is 0 Å². The van der Waals surface area contributed by atoms with Crippen LogP contribution in [0.15, 0.2) is 71.1 Å². The van der Waals surface area contributed by atoms with E-state index in [0.29, 0.717) is 6.54 Å². The van der Waals surface area contributed by atoms with Crippen molar-refractivity contribution in [2.75, 3.05) is 32.7 Å². The summed E-state index contributed by atoms with van der Waals surface area (Å²) >= 11 is 0. The summed E-state index contributed by atoms with van der Waals surface area (Å²) in [6.45, 7) is 8.35. The lowest BCUT2D eigenvalue weighted by Gasteiger charge is -2.40. The van der Waals surface area contributed by atoms with E-state index in [1.165, 1.54) is 11.1 Å². The maximum atomic E-state index is 10.7. The number of hydrogen-bond acceptors (Lipinski definition) is 4. The van der Waals surface area contributed by atoms with E-state index < -0.39 is 6.10 Å². The van der Waals surface area contributed by atoms with E-state index in [2.05, 4.69) is 70.5 Å². The molecule has 0 aliphatic carbocycles. The van der Waals surface area contributed by atoms with E-state index in [1.807, 2.05) is 19.9 Å². The number of nitrogens with zero attached hydrogens (tertiary/aromatic N) is 2. The van der Waals surface area contributed by atoms with E-state index in [9.17, 15) is 5.11 Å². The van der Waals surface area contributed by atoms with Gasteiger partial charge >= 0.3 is 0 Å². The van der Waals surface area contributed by atoms with Gasteiger partial charge in [-0.3, -0.25) is 9.80 Å². The minimum atomic E-state index is -0.502. The van der Waals surface area contributed by atoms with E-state index in [-0.39, 0.29) is 6.04 Å². The molecule has 0 amide bonds. The van der Waals surface area contributed by atoms with Crippen molar-refractivity contribution in [3.05, 3.63) is 94.9 Å². The highest BCUT2D eigenvalue weighted by Gasteiger charge is 2.27. The predicted molar refractivity (Wildman–Crippen MR) is 116 cm³/mol. The molecule has 1 aromatic heterocycles. The van der Waals surface area contributed by atoms with Gasteiger partial charge in [0, 0.05) is 38.3 Å². The van der Waals surface area contributed by atoms with E-state index in [1.54, 1.807) is 0 Å². The van der Waals surface area contributed by atoms with Gasteiger partial charge in [-0.25, -0.2) is 0 Å². The second kappa shape index (κ2) is 8.95. The molecular weight excluding hydrogens is 360 g/mol. The van der Waals surface area contributed by atoms with Gasteiger partial charge in [0.15, 0.2) is 0 Å². The molecule has 2 aromatic carbocycles. The van der Waals surface area contributed by atoms with Crippen molar-refractivity contribution in [2.24, 2.45) is 0 Å². The summed E-state index contributed by atoms with van der Waals surface area (Å²) in [5.74, 6) is 1.68. The third-order valence-corrected chi connectivity index (χ3v) is 5.87. The average Bonchev–Trinajstić information content (AvgIpc) is 3.09. The fraction of sp³-hybridized carbons (Fsp3) is 0.360. The zero-order valence-corrected chi connectivity index (χ0v) is 17.3. The summed E-state index contributed by atoms with van der Waals surface area (Å²) < 4.78 is 5.58. The molecule has 1 aliphatic rings. The molecule has 0 spiro atoms. The molecule has 2 heterocycles. The summed E-state index contributed by atoms with van der Waals surface area (Å²) in [5, 5.41) is 10.7. The Labute approximate surface area is 173 Å². The zero-order chi connectivity index (χ0) is 20.2. The Morgan fingerprint density at radius 1 is 0.862 bits per heavy atom. The van der Waals surface area contributed by atoms with Crippen LogP contribution in [-0.2, 0) is 0 Å². The second-order valence-corrected chi connectivity index (χ2v) is 7.94. The van der Waals surface area contributed by atoms with Crippen LogP contribution in [-0.4, -0.2) is 47.6 Å². The van der Waals surface area contributed by atoms with Gasteiger partial charge in [0.05, 0.1) is 12.1 Å². The minimum Gasteiger partial charge on any atom is -0.466 e. The SMILES string of the molecule is Cc1cc(C(O)CN2CCN(C(c3ccccc3)c3ccccc3)CC2)c(C)o1. The smallest absolute Gasteiger partial charge is 0.106 e. The summed E-state index contributed by atoms with van der Waals surface area (Å²) in [6.07, 6.45) is -0.502. The number of β-amino-alcohol motifs (C(OH)–C–C–N with tert-alkyl or cyclic N) is 1. The van der Waals surface area contributed by atoms with Crippen LogP contribution >= 0.6 is 0 Å². The monoisotopic (exact) mass is 390 g/mol. The molecule has 1 aliphatic heterocycles. The lowest BCUT2D eigenvalue weighted by molar-refractivity contribution is 0.0617. The lowest BCUT2D eigenvalue weighted by atomic mass is 9.96. The summed E-state index contributed by atoms with van der Waals surface area (Å²) in [7, 11) is 0. The maximum absolute atomic E-state index is 10.7. The number of rotatable bonds is 6. The highest BCUT2D eigenvalue weighted by atomic mass is 16.3. The Hall–Kier alpha value is -2.40. The Kier molecular flexibility index (Phi) is 6.14. The van der Waals surface area contributed by atoms with Crippen LogP contribution in [0.3, 0.4) is 0 Å². The maximum Gasteiger partial charge on any atom is 0.106 e. The van der Waals surface area contributed by atoms with Crippen molar-refractivity contribution in [3.8, 4) is 0 Å². The first kappa shape index (κ1) is 19.9. The summed E-state index contributed by atoms with van der Waals surface area (Å²) in [5.41, 5.74) is 3.57. The molecule has 3 aromatic rings. The van der Waals surface area contributed by atoms with Crippen molar-refractivity contribution in [3.63, 3.8) is 0 Å². The minimum absolute atomic E-state index is 0.267. The molecule has 1 unspecified atom stereocenters. The molecule has 1 saturated heterocycles. The first-order valence-electron chi connectivity index (χ1n) is 10.4. The van der Waals surface area contributed by atoms with E-state index in [0.717, 1.165) is 43.3 Å². The van der Waals surface area contributed by atoms with Gasteiger partial charge in [-0.15, -0.1) is 0 Å². The Bertz CT molecular complexity index is 860. The largest absolute Gasteiger partial charge is 0.466 e. The zero-order valence-electron chi connectivity index (χ0n) is 17.3. The van der Waals surface area contributed by atoms with Gasteiger partial charge in [0.1, 0.15) is 11.5 Å². The van der Waals surface area contributed by atoms with Crippen LogP contribution in [0.2, 0.25) is 0 Å². The second-order valence-electron chi connectivity index (χ2n) is 7.94. The summed E-state index contributed by atoms with van der Waals surface area (Å²) in [4.78, 5) is 4.91. The highest BCUT2D eigenvalue weighted by molar-refractivity contribution is 5.32. The average molecular weight is 391 g/mol. The first-order chi connectivity index (χ1) is 14.1. The van der Waals surface area contributed by atoms with Crippen LogP contribution in [0.4, 0.5) is 0 Å². The Morgan fingerprint density at radius 3 is 1.90 bits per heavy atom. The number of piperazine rings is 1. The number of benzene rings is 2. The molecule has 152 valence electrons. The van der Waals surface area contributed by atoms with E-state index in [4.69, 9.17) is 4.42 Å². The first-order valence-corrected chi connectivity index (χ1v) is 10.4. The standard InChI is InChI=1S/C25H30N2O2/c1-19-17-23(20(2)29-19)24(28)18-26-13-15-27(16-14-26)25(21-9-5-3-6-10-21)22-11-7-4-8-12-22/h3-12,17,24-25,28H,13-16,18H2,1-2H3. The molecule has 1 atom stereocenters. The third kappa shape index (κ3) is 4.61. The van der Waals surface area contributed by atoms with Crippen molar-refractivity contribution in [1.82, 2.24) is 9.80 Å². The number of aliphatic hydroxyl groups excluding tert-OH is 1. The van der Waals surface area contributed by atoms with Gasteiger partial charge in [0.25, 0.3) is 0 Å². The topological polar surface area (TPSA) is 39.9 Å². The third-order valence-electron chi connectivity index (χ3n) is 5.87. The van der Waals surface area contributed by atoms with Crippen molar-refractivity contribution in [1.29, 1.82) is 0 Å². The van der Waals surface area contributed by atoms with Crippen molar-refractivity contribution < 1.29 is 9.52 Å². The predicted octanol–water partition coefficient (Wildman–Crippen LogP) is 4.34. The number of furan rings is 1. The quantitative estimate of drug-likeness (QED) is 0.680. The van der Waals surface area contributed by atoms with Crippen LogP contribution in [0.25, 0.3) is 0 Å². The van der Waals surface area contributed by atoms with Crippen LogP contribution in [0, 0.1) is 13.8 Å². The van der Waals surface area contributed by atoms with Crippen molar-refractivity contribution in [2.45, 2.75) is 26.0 Å². The highest BCUT2D eigenvalue weighted by Crippen LogP contribution is 2.30. The molecule has 4 rings (SSSR count). The molecule has 4 heteroatoms. The molecule has 1 N–H and O–H groups in total. The van der Waals surface area contributed by atoms with Gasteiger partial charge in [-0.1, -0.05) is 60.7 Å². The molecule has 4 nitrogen and oxygen atoms in total. The van der Waals surface area contributed by atoms with Gasteiger partial charge in [-0.05, 0) is 31.0 Å². The van der Waals surface area contributed by atoms with Gasteiger partial charge in [-0.2, -0.15) is 0 Å². The fourth-order valence-corrected chi connectivity index (χ4v) is 4.41. The molecule has 0 bridgehead atoms. The fourth-order valence-electron chi connectivity index (χ4n) is 4.41. The normalized spacial score (nSPS) is 17.0. The van der Waals surface area contributed by atoms with Gasteiger partial charge in [0.2, 0.25) is 0 Å². The van der Waals surface area contributed by atoms with Crippen molar-refractivity contribution >= 4 is 0 Å². The number of hydrogen-bond donors (Lipinski definition) is 1. The number of aliphatic hydroxyl groups is 1. The van der Waals surface area contributed by atoms with Crippen LogP contribution in [0.5, 0.6) is 0 Å². The number of aryl methyl sites for hydroxylation is 2. The lowest BCUT2D eigenvalue weighted by Crippen LogP contribution is -2.48. The Morgan fingerprint density at radius 2 is 1.41 bits per heavy atom. The molecule has 0 radical (unpaired) electrons. The van der Waals surface area contributed by atoms with Crippen LogP contribution in [0.1, 0.15) is 40.4 Å². The molecule has 29 heavy (non-hydrogen) atoms. The molecular formula is C25H30N2O2. The summed E-state index contributed by atoms with van der Waals surface area (Å²) in [6, 6.07) is 23.7. The van der Waals surface area contributed by atoms with Gasteiger partial charge < -0.3 is 9.52 Å². The van der Waals surface area contributed by atoms with Crippen LogP contribution < -0.4 is 0 Å². The molecule has 0 saturated carbocycles. The molecule has 1 fully saturated rings. The Balaban J connectivity index is 1.44.